The quantitative estimate of drug-likeness (QED) is 0.776. The first-order valence-corrected chi connectivity index (χ1v) is 7.33. The Morgan fingerprint density at radius 2 is 2.25 bits per heavy atom. The molecule has 0 N–H and O–H groups in total. The van der Waals surface area contributed by atoms with Crippen molar-refractivity contribution < 1.29 is 9.53 Å². The minimum atomic E-state index is 0.210. The number of aromatic nitrogens is 1. The third-order valence-electron chi connectivity index (χ3n) is 3.90. The number of ether oxygens (including phenoxy) is 1. The SMILES string of the molecule is O=C(CCCC1CCCO1)c1cccc2ncccc12. The largest absolute Gasteiger partial charge is 0.378 e. The topological polar surface area (TPSA) is 39.2 Å². The van der Waals surface area contributed by atoms with Crippen molar-refractivity contribution in [1.29, 1.82) is 0 Å². The Bertz CT molecular complexity index is 597. The summed E-state index contributed by atoms with van der Waals surface area (Å²) in [5.74, 6) is 0.210. The molecule has 0 radical (unpaired) electrons. The average molecular weight is 269 g/mol. The van der Waals surface area contributed by atoms with Crippen molar-refractivity contribution in [2.45, 2.75) is 38.2 Å². The third-order valence-corrected chi connectivity index (χ3v) is 3.90. The monoisotopic (exact) mass is 269 g/mol. The molecule has 1 aromatic heterocycles. The van der Waals surface area contributed by atoms with Gasteiger partial charge in [-0.1, -0.05) is 18.2 Å². The lowest BCUT2D eigenvalue weighted by Gasteiger charge is -2.09. The molecule has 0 aliphatic carbocycles. The van der Waals surface area contributed by atoms with E-state index in [0.717, 1.165) is 48.8 Å². The fourth-order valence-corrected chi connectivity index (χ4v) is 2.84. The molecule has 3 heteroatoms. The first-order chi connectivity index (χ1) is 9.84. The van der Waals surface area contributed by atoms with E-state index in [-0.39, 0.29) is 5.78 Å². The van der Waals surface area contributed by atoms with Crippen LogP contribution in [0.3, 0.4) is 0 Å². The number of pyridine rings is 1. The van der Waals surface area contributed by atoms with Crippen LogP contribution in [0, 0.1) is 0 Å². The van der Waals surface area contributed by atoms with Crippen molar-refractivity contribution in [3.05, 3.63) is 42.1 Å². The van der Waals surface area contributed by atoms with Crippen molar-refractivity contribution in [1.82, 2.24) is 4.98 Å². The van der Waals surface area contributed by atoms with Crippen LogP contribution in [0.5, 0.6) is 0 Å². The van der Waals surface area contributed by atoms with Gasteiger partial charge in [0.05, 0.1) is 11.6 Å². The molecule has 20 heavy (non-hydrogen) atoms. The van der Waals surface area contributed by atoms with Gasteiger partial charge in [0, 0.05) is 30.2 Å². The highest BCUT2D eigenvalue weighted by molar-refractivity contribution is 6.07. The Labute approximate surface area is 119 Å². The summed E-state index contributed by atoms with van der Waals surface area (Å²) in [5.41, 5.74) is 1.68. The number of hydrogen-bond acceptors (Lipinski definition) is 3. The molecule has 2 heterocycles. The standard InChI is InChI=1S/C17H19NO2/c19-17(10-1-5-13-6-4-12-20-13)15-7-2-9-16-14(15)8-3-11-18-16/h2-3,7-9,11,13H,1,4-6,10,12H2. The first-order valence-electron chi connectivity index (χ1n) is 7.33. The lowest BCUT2D eigenvalue weighted by molar-refractivity contribution is 0.0924. The van der Waals surface area contributed by atoms with Crippen molar-refractivity contribution in [2.24, 2.45) is 0 Å². The Balaban J connectivity index is 1.66. The normalized spacial score (nSPS) is 18.5. The zero-order valence-corrected chi connectivity index (χ0v) is 11.5. The van der Waals surface area contributed by atoms with Crippen molar-refractivity contribution in [3.8, 4) is 0 Å². The molecule has 0 amide bonds. The molecule has 0 saturated carbocycles. The van der Waals surface area contributed by atoms with Crippen LogP contribution in [-0.2, 0) is 4.74 Å². The van der Waals surface area contributed by atoms with Gasteiger partial charge in [0.1, 0.15) is 0 Å². The van der Waals surface area contributed by atoms with Gasteiger partial charge in [-0.3, -0.25) is 9.78 Å². The van der Waals surface area contributed by atoms with Gasteiger partial charge in [-0.2, -0.15) is 0 Å². The second-order valence-corrected chi connectivity index (χ2v) is 5.33. The molecule has 2 aromatic rings. The van der Waals surface area contributed by atoms with E-state index < -0.39 is 0 Å². The minimum absolute atomic E-state index is 0.210. The first kappa shape index (κ1) is 13.3. The molecule has 3 nitrogen and oxygen atoms in total. The van der Waals surface area contributed by atoms with Crippen molar-refractivity contribution in [3.63, 3.8) is 0 Å². The van der Waals surface area contributed by atoms with E-state index >= 15 is 0 Å². The Kier molecular flexibility index (Phi) is 4.07. The predicted molar refractivity (Wildman–Crippen MR) is 78.9 cm³/mol. The van der Waals surface area contributed by atoms with Crippen molar-refractivity contribution in [2.75, 3.05) is 6.61 Å². The lowest BCUT2D eigenvalue weighted by atomic mass is 9.99. The maximum absolute atomic E-state index is 12.4. The van der Waals surface area contributed by atoms with Gasteiger partial charge >= 0.3 is 0 Å². The van der Waals surface area contributed by atoms with Gasteiger partial charge < -0.3 is 4.74 Å². The van der Waals surface area contributed by atoms with Crippen molar-refractivity contribution >= 4 is 16.7 Å². The second-order valence-electron chi connectivity index (χ2n) is 5.33. The Morgan fingerprint density at radius 1 is 1.30 bits per heavy atom. The highest BCUT2D eigenvalue weighted by atomic mass is 16.5. The molecule has 104 valence electrons. The highest BCUT2D eigenvalue weighted by Crippen LogP contribution is 2.21. The molecule has 0 spiro atoms. The van der Waals surface area contributed by atoms with E-state index in [1.165, 1.54) is 0 Å². The summed E-state index contributed by atoms with van der Waals surface area (Å²) >= 11 is 0. The Morgan fingerprint density at radius 3 is 3.10 bits per heavy atom. The highest BCUT2D eigenvalue weighted by Gasteiger charge is 2.16. The molecule has 1 fully saturated rings. The number of carbonyl (C=O) groups excluding carboxylic acids is 1. The molecule has 1 aliphatic heterocycles. The smallest absolute Gasteiger partial charge is 0.163 e. The third kappa shape index (κ3) is 2.88. The van der Waals surface area contributed by atoms with Gasteiger partial charge in [0.15, 0.2) is 5.78 Å². The van der Waals surface area contributed by atoms with Gasteiger partial charge in [-0.15, -0.1) is 0 Å². The van der Waals surface area contributed by atoms with Crippen LogP contribution >= 0.6 is 0 Å². The lowest BCUT2D eigenvalue weighted by Crippen LogP contribution is -2.07. The van der Waals surface area contributed by atoms with Crippen LogP contribution in [0.25, 0.3) is 10.9 Å². The van der Waals surface area contributed by atoms with E-state index in [9.17, 15) is 4.79 Å². The summed E-state index contributed by atoms with van der Waals surface area (Å²) in [6, 6.07) is 9.60. The van der Waals surface area contributed by atoms with Crippen LogP contribution in [0.15, 0.2) is 36.5 Å². The summed E-state index contributed by atoms with van der Waals surface area (Å²) in [7, 11) is 0. The van der Waals surface area contributed by atoms with Gasteiger partial charge in [-0.05, 0) is 37.8 Å². The number of ketones is 1. The fourth-order valence-electron chi connectivity index (χ4n) is 2.84. The zero-order chi connectivity index (χ0) is 13.8. The molecule has 1 unspecified atom stereocenters. The Hall–Kier alpha value is -1.74. The fraction of sp³-hybridized carbons (Fsp3) is 0.412. The molecule has 1 atom stereocenters. The number of rotatable bonds is 5. The molecular formula is C17H19NO2. The molecule has 1 saturated heterocycles. The molecule has 3 rings (SSSR count). The number of fused-ring (bicyclic) bond motifs is 1. The number of carbonyl (C=O) groups is 1. The summed E-state index contributed by atoms with van der Waals surface area (Å²) in [6.45, 7) is 0.883. The van der Waals surface area contributed by atoms with Crippen LogP contribution in [0.1, 0.15) is 42.5 Å². The van der Waals surface area contributed by atoms with Gasteiger partial charge in [0.2, 0.25) is 0 Å². The molecule has 1 aliphatic rings. The predicted octanol–water partition coefficient (Wildman–Crippen LogP) is 3.77. The second kappa shape index (κ2) is 6.14. The van der Waals surface area contributed by atoms with Crippen LogP contribution in [0.4, 0.5) is 0 Å². The summed E-state index contributed by atoms with van der Waals surface area (Å²) in [6.07, 6.45) is 6.92. The van der Waals surface area contributed by atoms with E-state index in [4.69, 9.17) is 4.74 Å². The summed E-state index contributed by atoms with van der Waals surface area (Å²) in [4.78, 5) is 16.7. The van der Waals surface area contributed by atoms with Gasteiger partial charge in [0.25, 0.3) is 0 Å². The maximum atomic E-state index is 12.4. The van der Waals surface area contributed by atoms with E-state index in [0.29, 0.717) is 12.5 Å². The number of Topliss-reactive ketones (excluding diaryl/α,β-unsaturated/α-hetero) is 1. The molecular weight excluding hydrogens is 250 g/mol. The number of hydrogen-bond donors (Lipinski definition) is 0. The van der Waals surface area contributed by atoms with E-state index in [1.807, 2.05) is 30.3 Å². The minimum Gasteiger partial charge on any atom is -0.378 e. The average Bonchev–Trinajstić information content (AvgIpc) is 3.00. The summed E-state index contributed by atoms with van der Waals surface area (Å²) in [5, 5.41) is 0.956. The van der Waals surface area contributed by atoms with Crippen LogP contribution < -0.4 is 0 Å². The zero-order valence-electron chi connectivity index (χ0n) is 11.5. The number of benzene rings is 1. The maximum Gasteiger partial charge on any atom is 0.163 e. The van der Waals surface area contributed by atoms with Gasteiger partial charge in [-0.25, -0.2) is 0 Å². The molecule has 1 aromatic carbocycles. The van der Waals surface area contributed by atoms with E-state index in [1.54, 1.807) is 6.20 Å². The van der Waals surface area contributed by atoms with E-state index in [2.05, 4.69) is 4.98 Å². The number of nitrogens with zero attached hydrogens (tertiary/aromatic N) is 1. The van der Waals surface area contributed by atoms with Crippen LogP contribution in [0.2, 0.25) is 0 Å². The molecule has 0 bridgehead atoms. The van der Waals surface area contributed by atoms with Crippen LogP contribution in [-0.4, -0.2) is 23.5 Å². The summed E-state index contributed by atoms with van der Waals surface area (Å²) < 4.78 is 5.59.